The van der Waals surface area contributed by atoms with Crippen molar-refractivity contribution < 1.29 is 9.47 Å². The molecule has 2 heterocycles. The van der Waals surface area contributed by atoms with E-state index in [0.717, 1.165) is 32.5 Å². The predicted octanol–water partition coefficient (Wildman–Crippen LogP) is 4.18. The van der Waals surface area contributed by atoms with Crippen molar-refractivity contribution in [3.63, 3.8) is 0 Å². The summed E-state index contributed by atoms with van der Waals surface area (Å²) >= 11 is 1.52. The second-order valence-electron chi connectivity index (χ2n) is 4.49. The smallest absolute Gasteiger partial charge is 0.189 e. The standard InChI is InChI=1S/C15H15N3O2S.ClH/c1-9-6-7-16-14-13(9)18-15(21-14)17-11-5-4-10(19-2)8-12(11)20-3;/h4-8H,1-3H3,(H,17,18);1H. The number of thiazole rings is 1. The summed E-state index contributed by atoms with van der Waals surface area (Å²) in [6, 6.07) is 7.57. The van der Waals surface area contributed by atoms with Gasteiger partial charge in [0.05, 0.1) is 19.9 Å². The highest BCUT2D eigenvalue weighted by atomic mass is 35.5. The van der Waals surface area contributed by atoms with E-state index >= 15 is 0 Å². The van der Waals surface area contributed by atoms with Gasteiger partial charge in [-0.2, -0.15) is 0 Å². The van der Waals surface area contributed by atoms with Gasteiger partial charge in [-0.3, -0.25) is 0 Å². The Morgan fingerprint density at radius 1 is 1.14 bits per heavy atom. The van der Waals surface area contributed by atoms with Gasteiger partial charge in [0.25, 0.3) is 0 Å². The molecule has 0 saturated heterocycles. The number of nitrogens with zero attached hydrogens (tertiary/aromatic N) is 2. The number of methoxy groups -OCH3 is 2. The number of hydrogen-bond donors (Lipinski definition) is 1. The maximum Gasteiger partial charge on any atom is 0.189 e. The first-order valence-electron chi connectivity index (χ1n) is 6.42. The van der Waals surface area contributed by atoms with Crippen LogP contribution in [-0.4, -0.2) is 24.2 Å². The molecule has 1 aromatic carbocycles. The Labute approximate surface area is 138 Å². The molecule has 0 unspecified atom stereocenters. The quantitative estimate of drug-likeness (QED) is 0.773. The number of aryl methyl sites for hydroxylation is 1. The molecule has 0 fully saturated rings. The maximum absolute atomic E-state index is 5.38. The van der Waals surface area contributed by atoms with Crippen molar-refractivity contribution in [2.24, 2.45) is 0 Å². The van der Waals surface area contributed by atoms with Gasteiger partial charge in [0.1, 0.15) is 21.8 Å². The molecule has 0 radical (unpaired) electrons. The highest BCUT2D eigenvalue weighted by molar-refractivity contribution is 7.21. The summed E-state index contributed by atoms with van der Waals surface area (Å²) in [5, 5.41) is 4.07. The summed E-state index contributed by atoms with van der Waals surface area (Å²) in [6.07, 6.45) is 1.80. The monoisotopic (exact) mass is 337 g/mol. The van der Waals surface area contributed by atoms with Gasteiger partial charge >= 0.3 is 0 Å². The van der Waals surface area contributed by atoms with Gasteiger partial charge in [0.2, 0.25) is 0 Å². The third-order valence-electron chi connectivity index (χ3n) is 3.15. The van der Waals surface area contributed by atoms with Crippen LogP contribution < -0.4 is 14.8 Å². The molecule has 3 aromatic rings. The number of benzene rings is 1. The maximum atomic E-state index is 5.38. The highest BCUT2D eigenvalue weighted by Crippen LogP contribution is 2.34. The molecular weight excluding hydrogens is 322 g/mol. The molecule has 0 spiro atoms. The van der Waals surface area contributed by atoms with Crippen molar-refractivity contribution in [1.29, 1.82) is 0 Å². The minimum atomic E-state index is 0. The highest BCUT2D eigenvalue weighted by Gasteiger charge is 2.10. The van der Waals surface area contributed by atoms with E-state index in [9.17, 15) is 0 Å². The fourth-order valence-corrected chi connectivity index (χ4v) is 2.92. The lowest BCUT2D eigenvalue weighted by molar-refractivity contribution is 0.395. The molecule has 3 rings (SSSR count). The van der Waals surface area contributed by atoms with E-state index in [1.165, 1.54) is 11.3 Å². The first-order valence-corrected chi connectivity index (χ1v) is 7.24. The summed E-state index contributed by atoms with van der Waals surface area (Å²) in [6.45, 7) is 2.03. The van der Waals surface area contributed by atoms with E-state index in [2.05, 4.69) is 15.3 Å². The van der Waals surface area contributed by atoms with E-state index in [1.54, 1.807) is 20.4 Å². The van der Waals surface area contributed by atoms with Gasteiger partial charge < -0.3 is 14.8 Å². The number of aromatic nitrogens is 2. The lowest BCUT2D eigenvalue weighted by Gasteiger charge is -2.10. The molecular formula is C15H16ClN3O2S. The van der Waals surface area contributed by atoms with E-state index in [1.807, 2.05) is 31.2 Å². The van der Waals surface area contributed by atoms with Gasteiger partial charge in [-0.1, -0.05) is 11.3 Å². The lowest BCUT2D eigenvalue weighted by atomic mass is 10.2. The molecule has 7 heteroatoms. The number of nitrogens with one attached hydrogen (secondary N) is 1. The SMILES string of the molecule is COc1ccc(Nc2nc3c(C)ccnc3s2)c(OC)c1.Cl. The summed E-state index contributed by atoms with van der Waals surface area (Å²) in [7, 11) is 3.26. The molecule has 0 atom stereocenters. The first kappa shape index (κ1) is 16.3. The van der Waals surface area contributed by atoms with Crippen LogP contribution in [0.2, 0.25) is 0 Å². The van der Waals surface area contributed by atoms with Gasteiger partial charge in [0.15, 0.2) is 5.13 Å². The molecule has 0 aliphatic heterocycles. The number of pyridine rings is 1. The van der Waals surface area contributed by atoms with Crippen LogP contribution >= 0.6 is 23.7 Å². The summed E-state index contributed by atoms with van der Waals surface area (Å²) in [5.41, 5.74) is 2.89. The number of rotatable bonds is 4. The molecule has 5 nitrogen and oxygen atoms in total. The Morgan fingerprint density at radius 2 is 1.95 bits per heavy atom. The first-order chi connectivity index (χ1) is 10.2. The molecule has 116 valence electrons. The van der Waals surface area contributed by atoms with Gasteiger partial charge in [0, 0.05) is 12.3 Å². The van der Waals surface area contributed by atoms with Gasteiger partial charge in [-0.15, -0.1) is 12.4 Å². The second-order valence-corrected chi connectivity index (χ2v) is 5.47. The Hall–Kier alpha value is -2.05. The molecule has 0 amide bonds. The van der Waals surface area contributed by atoms with Gasteiger partial charge in [-0.25, -0.2) is 9.97 Å². The number of halogens is 1. The molecule has 1 N–H and O–H groups in total. The van der Waals surface area contributed by atoms with E-state index in [4.69, 9.17) is 9.47 Å². The van der Waals surface area contributed by atoms with Crippen molar-refractivity contribution in [2.75, 3.05) is 19.5 Å². The Morgan fingerprint density at radius 3 is 2.64 bits per heavy atom. The number of anilines is 2. The zero-order valence-corrected chi connectivity index (χ0v) is 14.0. The van der Waals surface area contributed by atoms with Crippen LogP contribution in [0.15, 0.2) is 30.5 Å². The van der Waals surface area contributed by atoms with Crippen LogP contribution in [0.5, 0.6) is 11.5 Å². The third-order valence-corrected chi connectivity index (χ3v) is 4.03. The minimum Gasteiger partial charge on any atom is -0.497 e. The summed E-state index contributed by atoms with van der Waals surface area (Å²) in [5.74, 6) is 1.46. The zero-order chi connectivity index (χ0) is 14.8. The average Bonchev–Trinajstić information content (AvgIpc) is 2.91. The molecule has 0 bridgehead atoms. The van der Waals surface area contributed by atoms with Crippen LogP contribution in [0.3, 0.4) is 0 Å². The lowest BCUT2D eigenvalue weighted by Crippen LogP contribution is -1.95. The van der Waals surface area contributed by atoms with E-state index in [-0.39, 0.29) is 12.4 Å². The largest absolute Gasteiger partial charge is 0.497 e. The molecule has 0 aliphatic rings. The minimum absolute atomic E-state index is 0. The number of ether oxygens (including phenoxy) is 2. The Kier molecular flexibility index (Phi) is 5.05. The van der Waals surface area contributed by atoms with Crippen LogP contribution in [0.25, 0.3) is 10.3 Å². The van der Waals surface area contributed by atoms with Crippen LogP contribution in [-0.2, 0) is 0 Å². The fourth-order valence-electron chi connectivity index (χ4n) is 2.02. The Balaban J connectivity index is 0.00000176. The molecule has 0 saturated carbocycles. The van der Waals surface area contributed by atoms with Crippen molar-refractivity contribution in [1.82, 2.24) is 9.97 Å². The van der Waals surface area contributed by atoms with E-state index in [0.29, 0.717) is 5.75 Å². The Bertz CT molecular complexity index is 792. The van der Waals surface area contributed by atoms with Crippen LogP contribution in [0, 0.1) is 6.92 Å². The topological polar surface area (TPSA) is 56.3 Å². The third kappa shape index (κ3) is 3.08. The predicted molar refractivity (Wildman–Crippen MR) is 92.2 cm³/mol. The number of hydrogen-bond acceptors (Lipinski definition) is 6. The van der Waals surface area contributed by atoms with Crippen molar-refractivity contribution >= 4 is 44.9 Å². The molecule has 2 aromatic heterocycles. The van der Waals surface area contributed by atoms with Crippen molar-refractivity contribution in [3.8, 4) is 11.5 Å². The molecule has 0 aliphatic carbocycles. The van der Waals surface area contributed by atoms with Crippen molar-refractivity contribution in [3.05, 3.63) is 36.0 Å². The van der Waals surface area contributed by atoms with Crippen LogP contribution in [0.4, 0.5) is 10.8 Å². The molecule has 22 heavy (non-hydrogen) atoms. The summed E-state index contributed by atoms with van der Waals surface area (Å²) < 4.78 is 10.6. The summed E-state index contributed by atoms with van der Waals surface area (Å²) in [4.78, 5) is 9.84. The normalized spacial score (nSPS) is 10.1. The van der Waals surface area contributed by atoms with Gasteiger partial charge in [-0.05, 0) is 30.7 Å². The van der Waals surface area contributed by atoms with Crippen molar-refractivity contribution in [2.45, 2.75) is 6.92 Å². The zero-order valence-electron chi connectivity index (χ0n) is 12.4. The van der Waals surface area contributed by atoms with E-state index < -0.39 is 0 Å². The number of fused-ring (bicyclic) bond motifs is 1. The van der Waals surface area contributed by atoms with Crippen LogP contribution in [0.1, 0.15) is 5.56 Å². The average molecular weight is 338 g/mol. The fraction of sp³-hybridized carbons (Fsp3) is 0.200. The second kappa shape index (κ2) is 6.81.